The third kappa shape index (κ3) is 3.07. The maximum absolute atomic E-state index is 9.44. The summed E-state index contributed by atoms with van der Waals surface area (Å²) < 4.78 is 0.663. The second kappa shape index (κ2) is 5.77. The number of nitriles is 1. The number of aromatic hydroxyl groups is 1. The lowest BCUT2D eigenvalue weighted by molar-refractivity contribution is 0.471. The first-order valence-corrected chi connectivity index (χ1v) is 6.62. The predicted molar refractivity (Wildman–Crippen MR) is 79.0 cm³/mol. The molecule has 2 aromatic rings. The van der Waals surface area contributed by atoms with Crippen molar-refractivity contribution in [3.63, 3.8) is 0 Å². The van der Waals surface area contributed by atoms with Crippen LogP contribution in [0.2, 0.25) is 0 Å². The van der Waals surface area contributed by atoms with E-state index < -0.39 is 0 Å². The molecular weight excluding hydrogens is 304 g/mol. The van der Waals surface area contributed by atoms with Crippen LogP contribution in [0.15, 0.2) is 40.9 Å². The Kier molecular flexibility index (Phi) is 4.08. The summed E-state index contributed by atoms with van der Waals surface area (Å²) in [5.74, 6) is 0.219. The zero-order valence-electron chi connectivity index (χ0n) is 10.4. The van der Waals surface area contributed by atoms with E-state index in [0.29, 0.717) is 16.6 Å². The molecule has 0 unspecified atom stereocenters. The molecule has 0 aliphatic rings. The normalized spacial score (nSPS) is 9.95. The average Bonchev–Trinajstić information content (AvgIpc) is 2.40. The Morgan fingerprint density at radius 2 is 2.11 bits per heavy atom. The Bertz CT molecular complexity index is 647. The minimum atomic E-state index is 0.219. The Labute approximate surface area is 120 Å². The monoisotopic (exact) mass is 316 g/mol. The fourth-order valence-electron chi connectivity index (χ4n) is 1.82. The molecule has 19 heavy (non-hydrogen) atoms. The van der Waals surface area contributed by atoms with Gasteiger partial charge in [0.1, 0.15) is 11.8 Å². The van der Waals surface area contributed by atoms with Gasteiger partial charge in [0.15, 0.2) is 0 Å². The number of hydrogen-bond acceptors (Lipinski definition) is 3. The van der Waals surface area contributed by atoms with Crippen LogP contribution in [0.4, 0.5) is 5.69 Å². The molecule has 0 amide bonds. The topological polar surface area (TPSA) is 56.0 Å². The van der Waals surface area contributed by atoms with E-state index in [1.54, 1.807) is 6.07 Å². The van der Waals surface area contributed by atoms with E-state index in [4.69, 9.17) is 5.26 Å². The summed E-state index contributed by atoms with van der Waals surface area (Å²) >= 11 is 3.28. The first-order valence-electron chi connectivity index (χ1n) is 5.83. The molecule has 0 radical (unpaired) electrons. The van der Waals surface area contributed by atoms with Crippen molar-refractivity contribution in [2.75, 3.05) is 5.32 Å². The highest BCUT2D eigenvalue weighted by Gasteiger charge is 2.05. The molecule has 0 saturated carbocycles. The van der Waals surface area contributed by atoms with Crippen LogP contribution < -0.4 is 5.32 Å². The Morgan fingerprint density at radius 1 is 1.32 bits per heavy atom. The Morgan fingerprint density at radius 3 is 2.79 bits per heavy atom. The van der Waals surface area contributed by atoms with Gasteiger partial charge in [0.2, 0.25) is 0 Å². The zero-order chi connectivity index (χ0) is 13.8. The van der Waals surface area contributed by atoms with E-state index in [-0.39, 0.29) is 5.75 Å². The fraction of sp³-hybridized carbons (Fsp3) is 0.133. The van der Waals surface area contributed by atoms with Crippen LogP contribution in [0.5, 0.6) is 5.75 Å². The van der Waals surface area contributed by atoms with Crippen molar-refractivity contribution in [2.45, 2.75) is 13.5 Å². The predicted octanol–water partition coefficient (Wildman–Crippen LogP) is 3.95. The van der Waals surface area contributed by atoms with Gasteiger partial charge in [-0.05, 0) is 52.2 Å². The van der Waals surface area contributed by atoms with Gasteiger partial charge in [-0.15, -0.1) is 0 Å². The number of hydrogen-bond donors (Lipinski definition) is 2. The molecule has 0 atom stereocenters. The molecule has 4 heteroatoms. The fourth-order valence-corrected chi connectivity index (χ4v) is 2.25. The van der Waals surface area contributed by atoms with E-state index in [9.17, 15) is 5.11 Å². The third-order valence-corrected chi connectivity index (χ3v) is 3.51. The van der Waals surface area contributed by atoms with Gasteiger partial charge < -0.3 is 10.4 Å². The number of nitrogens with one attached hydrogen (secondary N) is 1. The van der Waals surface area contributed by atoms with Crippen LogP contribution in [0.3, 0.4) is 0 Å². The molecule has 0 aromatic heterocycles. The molecule has 3 nitrogen and oxygen atoms in total. The number of anilines is 1. The molecule has 0 bridgehead atoms. The number of nitrogens with zero attached hydrogens (tertiary/aromatic N) is 1. The van der Waals surface area contributed by atoms with Gasteiger partial charge in [-0.1, -0.05) is 18.2 Å². The minimum absolute atomic E-state index is 0.219. The molecule has 0 spiro atoms. The Hall–Kier alpha value is -1.99. The summed E-state index contributed by atoms with van der Waals surface area (Å²) in [5, 5.41) is 21.8. The second-order valence-electron chi connectivity index (χ2n) is 4.25. The Balaban J connectivity index is 2.17. The molecule has 0 heterocycles. The van der Waals surface area contributed by atoms with Crippen molar-refractivity contribution in [1.29, 1.82) is 5.26 Å². The van der Waals surface area contributed by atoms with Crippen molar-refractivity contribution < 1.29 is 5.11 Å². The number of phenols is 1. The highest BCUT2D eigenvalue weighted by Crippen LogP contribution is 2.25. The van der Waals surface area contributed by atoms with E-state index >= 15 is 0 Å². The van der Waals surface area contributed by atoms with Crippen LogP contribution in [0.1, 0.15) is 16.7 Å². The highest BCUT2D eigenvalue weighted by molar-refractivity contribution is 9.10. The van der Waals surface area contributed by atoms with Gasteiger partial charge in [-0.3, -0.25) is 0 Å². The number of rotatable bonds is 3. The average molecular weight is 317 g/mol. The van der Waals surface area contributed by atoms with Gasteiger partial charge >= 0.3 is 0 Å². The molecule has 2 N–H and O–H groups in total. The van der Waals surface area contributed by atoms with E-state index in [2.05, 4.69) is 27.3 Å². The van der Waals surface area contributed by atoms with Crippen LogP contribution in [0, 0.1) is 18.3 Å². The standard InChI is InChI=1S/C15H13BrN2O/c1-10-3-2-4-14(12(10)8-17)18-9-11-5-6-15(19)13(16)7-11/h2-7,18-19H,9H2,1H3. The van der Waals surface area contributed by atoms with Crippen molar-refractivity contribution in [3.05, 3.63) is 57.6 Å². The molecule has 96 valence electrons. The van der Waals surface area contributed by atoms with Crippen molar-refractivity contribution >= 4 is 21.6 Å². The lowest BCUT2D eigenvalue weighted by Gasteiger charge is -2.10. The van der Waals surface area contributed by atoms with Crippen LogP contribution in [-0.2, 0) is 6.54 Å². The third-order valence-electron chi connectivity index (χ3n) is 2.88. The number of aryl methyl sites for hydroxylation is 1. The van der Waals surface area contributed by atoms with Crippen LogP contribution >= 0.6 is 15.9 Å². The lowest BCUT2D eigenvalue weighted by atomic mass is 10.1. The molecule has 0 fully saturated rings. The van der Waals surface area contributed by atoms with E-state index in [1.165, 1.54) is 0 Å². The maximum atomic E-state index is 9.44. The van der Waals surface area contributed by atoms with Gasteiger partial charge in [-0.25, -0.2) is 0 Å². The maximum Gasteiger partial charge on any atom is 0.129 e. The molecule has 0 aliphatic carbocycles. The van der Waals surface area contributed by atoms with Gasteiger partial charge in [0.05, 0.1) is 15.7 Å². The van der Waals surface area contributed by atoms with E-state index in [0.717, 1.165) is 16.8 Å². The zero-order valence-corrected chi connectivity index (χ0v) is 12.0. The SMILES string of the molecule is Cc1cccc(NCc2ccc(O)c(Br)c2)c1C#N. The summed E-state index contributed by atoms with van der Waals surface area (Å²) in [6, 6.07) is 13.3. The minimum Gasteiger partial charge on any atom is -0.507 e. The molecule has 0 aliphatic heterocycles. The second-order valence-corrected chi connectivity index (χ2v) is 5.10. The molecular formula is C15H13BrN2O. The lowest BCUT2D eigenvalue weighted by Crippen LogP contribution is -2.02. The number of halogens is 1. The summed E-state index contributed by atoms with van der Waals surface area (Å²) in [7, 11) is 0. The largest absolute Gasteiger partial charge is 0.507 e. The summed E-state index contributed by atoms with van der Waals surface area (Å²) in [5.41, 5.74) is 3.47. The molecule has 2 aromatic carbocycles. The van der Waals surface area contributed by atoms with Gasteiger partial charge in [0, 0.05) is 6.54 Å². The van der Waals surface area contributed by atoms with Gasteiger partial charge in [-0.2, -0.15) is 5.26 Å². The smallest absolute Gasteiger partial charge is 0.129 e. The first-order chi connectivity index (χ1) is 9.11. The quantitative estimate of drug-likeness (QED) is 0.901. The summed E-state index contributed by atoms with van der Waals surface area (Å²) in [4.78, 5) is 0. The highest BCUT2D eigenvalue weighted by atomic mass is 79.9. The van der Waals surface area contributed by atoms with Gasteiger partial charge in [0.25, 0.3) is 0 Å². The number of benzene rings is 2. The van der Waals surface area contributed by atoms with Crippen LogP contribution in [-0.4, -0.2) is 5.11 Å². The number of phenolic OH excluding ortho intramolecular Hbond substituents is 1. The summed E-state index contributed by atoms with van der Waals surface area (Å²) in [6.45, 7) is 2.51. The summed E-state index contributed by atoms with van der Waals surface area (Å²) in [6.07, 6.45) is 0. The van der Waals surface area contributed by atoms with Crippen molar-refractivity contribution in [1.82, 2.24) is 0 Å². The molecule has 0 saturated heterocycles. The van der Waals surface area contributed by atoms with Crippen molar-refractivity contribution in [2.24, 2.45) is 0 Å². The first kappa shape index (κ1) is 13.4. The molecule has 2 rings (SSSR count). The van der Waals surface area contributed by atoms with E-state index in [1.807, 2.05) is 37.3 Å². The van der Waals surface area contributed by atoms with Crippen molar-refractivity contribution in [3.8, 4) is 11.8 Å². The van der Waals surface area contributed by atoms with Crippen LogP contribution in [0.25, 0.3) is 0 Å².